The number of halogens is 3. The Morgan fingerprint density at radius 1 is 1.22 bits per heavy atom. The number of fused-ring (bicyclic) bond motifs is 1. The summed E-state index contributed by atoms with van der Waals surface area (Å²) < 4.78 is 42.8. The van der Waals surface area contributed by atoms with Gasteiger partial charge in [0.25, 0.3) is 0 Å². The minimum Gasteiger partial charge on any atom is -0.490 e. The van der Waals surface area contributed by atoms with Gasteiger partial charge < -0.3 is 9.84 Å². The van der Waals surface area contributed by atoms with Gasteiger partial charge in [0.2, 0.25) is 0 Å². The van der Waals surface area contributed by atoms with Crippen LogP contribution in [-0.4, -0.2) is 23.3 Å². The molecule has 0 amide bonds. The topological polar surface area (TPSA) is 42.4 Å². The lowest BCUT2D eigenvalue weighted by Gasteiger charge is -2.10. The maximum atomic E-state index is 12.5. The fraction of sp³-hybridized carbons (Fsp3) is 0.250. The van der Waals surface area contributed by atoms with Gasteiger partial charge in [0, 0.05) is 11.6 Å². The summed E-state index contributed by atoms with van der Waals surface area (Å²) in [5, 5.41) is 9.15. The number of hydrogen-bond acceptors (Lipinski definition) is 3. The zero-order valence-electron chi connectivity index (χ0n) is 9.24. The summed E-state index contributed by atoms with van der Waals surface area (Å²) >= 11 is 0. The predicted molar refractivity (Wildman–Crippen MR) is 59.3 cm³/mol. The molecule has 96 valence electrons. The van der Waals surface area contributed by atoms with Crippen LogP contribution in [0.5, 0.6) is 5.75 Å². The second kappa shape index (κ2) is 4.81. The van der Waals surface area contributed by atoms with Crippen LogP contribution in [0.3, 0.4) is 0 Å². The van der Waals surface area contributed by atoms with E-state index in [2.05, 4.69) is 4.98 Å². The zero-order chi connectivity index (χ0) is 13.2. The van der Waals surface area contributed by atoms with Gasteiger partial charge in [-0.25, -0.2) is 0 Å². The maximum absolute atomic E-state index is 12.5. The number of nitrogens with zero attached hydrogens (tertiary/aromatic N) is 1. The molecule has 0 radical (unpaired) electrons. The first-order valence-corrected chi connectivity index (χ1v) is 5.22. The summed E-state index contributed by atoms with van der Waals surface area (Å²) in [5.74, 6) is 0.405. The van der Waals surface area contributed by atoms with Crippen molar-refractivity contribution in [2.75, 3.05) is 13.2 Å². The Hall–Kier alpha value is -1.82. The summed E-state index contributed by atoms with van der Waals surface area (Å²) in [6.45, 7) is -0.0788. The molecule has 0 aliphatic heterocycles. The highest BCUT2D eigenvalue weighted by atomic mass is 19.4. The van der Waals surface area contributed by atoms with Crippen LogP contribution in [-0.2, 0) is 6.18 Å². The average Bonchev–Trinajstić information content (AvgIpc) is 2.34. The van der Waals surface area contributed by atoms with Crippen molar-refractivity contribution in [3.8, 4) is 5.75 Å². The molecule has 0 fully saturated rings. The molecular weight excluding hydrogens is 247 g/mol. The number of benzene rings is 1. The fourth-order valence-corrected chi connectivity index (χ4v) is 1.58. The van der Waals surface area contributed by atoms with Gasteiger partial charge in [0.1, 0.15) is 12.4 Å². The lowest BCUT2D eigenvalue weighted by atomic mass is 10.1. The van der Waals surface area contributed by atoms with E-state index in [0.29, 0.717) is 11.1 Å². The number of rotatable bonds is 3. The molecule has 18 heavy (non-hydrogen) atoms. The van der Waals surface area contributed by atoms with Gasteiger partial charge in [-0.2, -0.15) is 13.2 Å². The Bertz CT molecular complexity index is 555. The number of pyridine rings is 1. The monoisotopic (exact) mass is 257 g/mol. The van der Waals surface area contributed by atoms with Crippen LogP contribution >= 0.6 is 0 Å². The number of aromatic nitrogens is 1. The first kappa shape index (κ1) is 12.6. The molecule has 0 bridgehead atoms. The molecule has 0 unspecified atom stereocenters. The minimum absolute atomic E-state index is 0.0835. The van der Waals surface area contributed by atoms with Crippen molar-refractivity contribution in [1.29, 1.82) is 0 Å². The Labute approximate surface area is 101 Å². The first-order valence-electron chi connectivity index (χ1n) is 5.22. The highest BCUT2D eigenvalue weighted by Gasteiger charge is 2.30. The van der Waals surface area contributed by atoms with E-state index in [0.717, 1.165) is 12.1 Å². The second-order valence-electron chi connectivity index (χ2n) is 3.61. The SMILES string of the molecule is OCCOc1ccnc2cc(C(F)(F)F)ccc12. The van der Waals surface area contributed by atoms with Crippen LogP contribution in [0.4, 0.5) is 13.2 Å². The van der Waals surface area contributed by atoms with E-state index < -0.39 is 11.7 Å². The standard InChI is InChI=1S/C12H10F3NO2/c13-12(14,15)8-1-2-9-10(7-8)16-4-3-11(9)18-6-5-17/h1-4,7,17H,5-6H2. The van der Waals surface area contributed by atoms with Gasteiger partial charge in [-0.1, -0.05) is 0 Å². The highest BCUT2D eigenvalue weighted by Crippen LogP contribution is 2.33. The molecule has 0 saturated heterocycles. The third-order valence-corrected chi connectivity index (χ3v) is 2.38. The molecule has 0 aliphatic carbocycles. The second-order valence-corrected chi connectivity index (χ2v) is 3.61. The summed E-state index contributed by atoms with van der Waals surface area (Å²) in [5.41, 5.74) is -0.540. The largest absolute Gasteiger partial charge is 0.490 e. The molecule has 0 saturated carbocycles. The van der Waals surface area contributed by atoms with Gasteiger partial charge in [-0.15, -0.1) is 0 Å². The van der Waals surface area contributed by atoms with Gasteiger partial charge in [-0.05, 0) is 24.3 Å². The van der Waals surface area contributed by atoms with Crippen LogP contribution in [0.15, 0.2) is 30.5 Å². The fourth-order valence-electron chi connectivity index (χ4n) is 1.58. The predicted octanol–water partition coefficient (Wildman–Crippen LogP) is 2.62. The highest BCUT2D eigenvalue weighted by molar-refractivity contribution is 5.85. The van der Waals surface area contributed by atoms with Crippen LogP contribution in [0.25, 0.3) is 10.9 Å². The number of aliphatic hydroxyl groups excluding tert-OH is 1. The molecule has 1 N–H and O–H groups in total. The molecule has 1 heterocycles. The molecule has 0 aliphatic rings. The van der Waals surface area contributed by atoms with E-state index in [1.807, 2.05) is 0 Å². The molecule has 0 spiro atoms. The minimum atomic E-state index is -4.39. The van der Waals surface area contributed by atoms with Crippen molar-refractivity contribution < 1.29 is 23.0 Å². The van der Waals surface area contributed by atoms with E-state index in [9.17, 15) is 13.2 Å². The molecule has 6 heteroatoms. The summed E-state index contributed by atoms with van der Waals surface area (Å²) in [4.78, 5) is 3.88. The van der Waals surface area contributed by atoms with Gasteiger partial charge in [0.05, 0.1) is 17.7 Å². The van der Waals surface area contributed by atoms with Gasteiger partial charge in [-0.3, -0.25) is 4.98 Å². The molecule has 2 rings (SSSR count). The van der Waals surface area contributed by atoms with Crippen molar-refractivity contribution in [3.05, 3.63) is 36.0 Å². The Kier molecular flexibility index (Phi) is 3.38. The van der Waals surface area contributed by atoms with Crippen LogP contribution in [0, 0.1) is 0 Å². The average molecular weight is 257 g/mol. The number of ether oxygens (including phenoxy) is 1. The summed E-state index contributed by atoms with van der Waals surface area (Å²) in [6, 6.07) is 4.82. The van der Waals surface area contributed by atoms with Crippen molar-refractivity contribution in [3.63, 3.8) is 0 Å². The molecular formula is C12H10F3NO2. The van der Waals surface area contributed by atoms with Crippen molar-refractivity contribution in [2.45, 2.75) is 6.18 Å². The van der Waals surface area contributed by atoms with E-state index in [1.54, 1.807) is 6.07 Å². The van der Waals surface area contributed by atoms with Crippen molar-refractivity contribution in [2.24, 2.45) is 0 Å². The first-order chi connectivity index (χ1) is 8.52. The third kappa shape index (κ3) is 2.53. The molecule has 2 aromatic rings. The third-order valence-electron chi connectivity index (χ3n) is 2.38. The zero-order valence-corrected chi connectivity index (χ0v) is 9.24. The Balaban J connectivity index is 2.46. The molecule has 1 aromatic carbocycles. The quantitative estimate of drug-likeness (QED) is 0.919. The maximum Gasteiger partial charge on any atom is 0.416 e. The molecule has 3 nitrogen and oxygen atoms in total. The number of hydrogen-bond donors (Lipinski definition) is 1. The van der Waals surface area contributed by atoms with Gasteiger partial charge >= 0.3 is 6.18 Å². The van der Waals surface area contributed by atoms with Crippen LogP contribution in [0.1, 0.15) is 5.56 Å². The van der Waals surface area contributed by atoms with E-state index in [-0.39, 0.29) is 18.7 Å². The van der Waals surface area contributed by atoms with Crippen molar-refractivity contribution >= 4 is 10.9 Å². The van der Waals surface area contributed by atoms with E-state index in [1.165, 1.54) is 12.3 Å². The number of aliphatic hydroxyl groups is 1. The summed E-state index contributed by atoms with van der Waals surface area (Å²) in [7, 11) is 0. The van der Waals surface area contributed by atoms with Gasteiger partial charge in [0.15, 0.2) is 0 Å². The Morgan fingerprint density at radius 3 is 2.67 bits per heavy atom. The molecule has 1 aromatic heterocycles. The lowest BCUT2D eigenvalue weighted by Crippen LogP contribution is -2.05. The smallest absolute Gasteiger partial charge is 0.416 e. The van der Waals surface area contributed by atoms with Crippen LogP contribution < -0.4 is 4.74 Å². The summed E-state index contributed by atoms with van der Waals surface area (Å²) in [6.07, 6.45) is -3.02. The van der Waals surface area contributed by atoms with Crippen LogP contribution in [0.2, 0.25) is 0 Å². The lowest BCUT2D eigenvalue weighted by molar-refractivity contribution is -0.137. The van der Waals surface area contributed by atoms with E-state index in [4.69, 9.17) is 9.84 Å². The normalized spacial score (nSPS) is 11.8. The van der Waals surface area contributed by atoms with E-state index >= 15 is 0 Å². The van der Waals surface area contributed by atoms with Crippen molar-refractivity contribution in [1.82, 2.24) is 4.98 Å². The number of alkyl halides is 3. The molecule has 0 atom stereocenters. The Morgan fingerprint density at radius 2 is 2.00 bits per heavy atom.